The number of aliphatic hydroxyl groups is 6. The van der Waals surface area contributed by atoms with Gasteiger partial charge in [-0.1, -0.05) is 6.92 Å². The van der Waals surface area contributed by atoms with E-state index >= 15 is 0 Å². The first kappa shape index (κ1) is 32.5. The summed E-state index contributed by atoms with van der Waals surface area (Å²) in [5.41, 5.74) is -0.732. The fourth-order valence-electron chi connectivity index (χ4n) is 2.80. The van der Waals surface area contributed by atoms with E-state index in [9.17, 15) is 30.6 Å². The summed E-state index contributed by atoms with van der Waals surface area (Å²) in [7, 11) is 4.22. The van der Waals surface area contributed by atoms with Crippen molar-refractivity contribution in [1.82, 2.24) is 0 Å². The number of methoxy groups -OCH3 is 3. The van der Waals surface area contributed by atoms with Gasteiger partial charge in [-0.15, -0.1) is 0 Å². The molecule has 0 spiro atoms. The van der Waals surface area contributed by atoms with E-state index in [0.29, 0.717) is 6.42 Å². The largest absolute Gasteiger partial charge is 0.388 e. The maximum atomic E-state index is 9.98. The molecule has 0 aromatic carbocycles. The van der Waals surface area contributed by atoms with Crippen LogP contribution in [-0.2, 0) is 28.4 Å². The maximum Gasteiger partial charge on any atom is 0.105 e. The highest BCUT2D eigenvalue weighted by Gasteiger charge is 2.32. The van der Waals surface area contributed by atoms with Crippen LogP contribution in [0.5, 0.6) is 0 Å². The molecule has 200 valence electrons. The second-order valence-electron chi connectivity index (χ2n) is 8.17. The molecule has 0 bridgehead atoms. The van der Waals surface area contributed by atoms with Gasteiger partial charge in [0.1, 0.15) is 36.6 Å². The minimum absolute atomic E-state index is 0.0426. The average Bonchev–Trinajstić information content (AvgIpc) is 2.78. The van der Waals surface area contributed by atoms with E-state index in [1.54, 1.807) is 0 Å². The molecule has 0 saturated carbocycles. The van der Waals surface area contributed by atoms with Crippen molar-refractivity contribution in [2.24, 2.45) is 5.41 Å². The zero-order valence-corrected chi connectivity index (χ0v) is 20.2. The molecule has 0 radical (unpaired) electrons. The summed E-state index contributed by atoms with van der Waals surface area (Å²) in [6.45, 7) is 1.51. The van der Waals surface area contributed by atoms with Crippen LogP contribution in [0, 0.1) is 5.41 Å². The molecule has 0 aromatic heterocycles. The van der Waals surface area contributed by atoms with Crippen LogP contribution in [-0.4, -0.2) is 148 Å². The van der Waals surface area contributed by atoms with E-state index < -0.39 is 42.0 Å². The molecule has 0 saturated heterocycles. The van der Waals surface area contributed by atoms with Gasteiger partial charge in [-0.05, 0) is 6.42 Å². The highest BCUT2D eigenvalue weighted by atomic mass is 16.5. The first-order valence-corrected chi connectivity index (χ1v) is 10.9. The lowest BCUT2D eigenvalue weighted by Gasteiger charge is -2.33. The van der Waals surface area contributed by atoms with Crippen molar-refractivity contribution in [3.8, 4) is 0 Å². The summed E-state index contributed by atoms with van der Waals surface area (Å²) >= 11 is 0. The summed E-state index contributed by atoms with van der Waals surface area (Å²) in [4.78, 5) is 0. The van der Waals surface area contributed by atoms with Crippen LogP contribution in [0.25, 0.3) is 0 Å². The molecule has 6 N–H and O–H groups in total. The molecule has 0 rings (SSSR count). The Balaban J connectivity index is 4.93. The van der Waals surface area contributed by atoms with E-state index in [0.717, 1.165) is 0 Å². The molecule has 0 aromatic rings. The van der Waals surface area contributed by atoms with Crippen molar-refractivity contribution in [2.75, 3.05) is 80.8 Å². The third kappa shape index (κ3) is 13.9. The molecule has 12 nitrogen and oxygen atoms in total. The van der Waals surface area contributed by atoms with Crippen molar-refractivity contribution in [1.29, 1.82) is 0 Å². The van der Waals surface area contributed by atoms with Crippen LogP contribution in [0.1, 0.15) is 13.3 Å². The van der Waals surface area contributed by atoms with Crippen molar-refractivity contribution < 1.29 is 59.1 Å². The van der Waals surface area contributed by atoms with Crippen LogP contribution in [0.4, 0.5) is 0 Å². The van der Waals surface area contributed by atoms with E-state index in [2.05, 4.69) is 0 Å². The lowest BCUT2D eigenvalue weighted by Crippen LogP contribution is -2.42. The number of hydrogen-bond acceptors (Lipinski definition) is 12. The van der Waals surface area contributed by atoms with Crippen LogP contribution in [0.2, 0.25) is 0 Å². The van der Waals surface area contributed by atoms with Gasteiger partial charge in [-0.2, -0.15) is 0 Å². The lowest BCUT2D eigenvalue weighted by molar-refractivity contribution is -0.128. The highest BCUT2D eigenvalue weighted by Crippen LogP contribution is 2.25. The Bertz CT molecular complexity index is 395. The van der Waals surface area contributed by atoms with Crippen molar-refractivity contribution in [3.05, 3.63) is 0 Å². The van der Waals surface area contributed by atoms with E-state index in [1.165, 1.54) is 21.3 Å². The SMILES string of the molecule is CCC(COCC(O)C(O)COC)(COCC(O)C(O)COC)COCC(O)C(O)COC. The second-order valence-corrected chi connectivity index (χ2v) is 8.17. The molecule has 0 aliphatic rings. The molecule has 12 heteroatoms. The van der Waals surface area contributed by atoms with Gasteiger partial charge in [0.05, 0.1) is 59.5 Å². The molecule has 0 aliphatic carbocycles. The first-order valence-electron chi connectivity index (χ1n) is 10.9. The van der Waals surface area contributed by atoms with E-state index in [-0.39, 0.29) is 59.5 Å². The van der Waals surface area contributed by atoms with Gasteiger partial charge >= 0.3 is 0 Å². The van der Waals surface area contributed by atoms with Crippen LogP contribution in [0.15, 0.2) is 0 Å². The minimum Gasteiger partial charge on any atom is -0.388 e. The predicted octanol–water partition coefficient (Wildman–Crippen LogP) is -2.46. The molecule has 0 heterocycles. The van der Waals surface area contributed by atoms with Gasteiger partial charge < -0.3 is 59.1 Å². The number of aliphatic hydroxyl groups excluding tert-OH is 6. The van der Waals surface area contributed by atoms with Crippen LogP contribution in [0.3, 0.4) is 0 Å². The minimum atomic E-state index is -1.15. The van der Waals surface area contributed by atoms with Crippen molar-refractivity contribution >= 4 is 0 Å². The normalized spacial score (nSPS) is 19.5. The van der Waals surface area contributed by atoms with E-state index in [1.807, 2.05) is 6.92 Å². The first-order chi connectivity index (χ1) is 15.7. The summed E-state index contributed by atoms with van der Waals surface area (Å²) < 4.78 is 31.3. The molecular weight excluding hydrogens is 444 g/mol. The fraction of sp³-hybridized carbons (Fsp3) is 1.00. The van der Waals surface area contributed by atoms with Gasteiger partial charge in [0.15, 0.2) is 0 Å². The molecule has 6 unspecified atom stereocenters. The third-order valence-electron chi connectivity index (χ3n) is 5.19. The Morgan fingerprint density at radius 2 is 0.727 bits per heavy atom. The Labute approximate surface area is 195 Å². The lowest BCUT2D eigenvalue weighted by atomic mass is 9.88. The molecule has 6 atom stereocenters. The van der Waals surface area contributed by atoms with Gasteiger partial charge in [0, 0.05) is 26.7 Å². The van der Waals surface area contributed by atoms with E-state index in [4.69, 9.17) is 28.4 Å². The van der Waals surface area contributed by atoms with Crippen molar-refractivity contribution in [2.45, 2.75) is 50.0 Å². The standard InChI is InChI=1S/C21H44O12/c1-5-21(12-31-9-18(25)15(22)6-28-2,13-32-10-19(26)16(23)7-29-3)14-33-11-20(27)17(24)8-30-4/h15-20,22-27H,5-14H2,1-4H3. The Hall–Kier alpha value is -0.480. The van der Waals surface area contributed by atoms with Gasteiger partial charge in [-0.25, -0.2) is 0 Å². The summed E-state index contributed by atoms with van der Waals surface area (Å²) in [5, 5.41) is 59.2. The molecule has 0 amide bonds. The van der Waals surface area contributed by atoms with Gasteiger partial charge in [0.2, 0.25) is 0 Å². The smallest absolute Gasteiger partial charge is 0.105 e. The van der Waals surface area contributed by atoms with Gasteiger partial charge in [0.25, 0.3) is 0 Å². The van der Waals surface area contributed by atoms with Crippen LogP contribution >= 0.6 is 0 Å². The molecule has 33 heavy (non-hydrogen) atoms. The molecular formula is C21H44O12. The summed E-state index contributed by atoms with van der Waals surface area (Å²) in [5.74, 6) is 0. The third-order valence-corrected chi connectivity index (χ3v) is 5.19. The monoisotopic (exact) mass is 488 g/mol. The summed E-state index contributed by atoms with van der Waals surface area (Å²) in [6, 6.07) is 0. The Morgan fingerprint density at radius 3 is 0.939 bits per heavy atom. The average molecular weight is 489 g/mol. The number of ether oxygens (including phenoxy) is 6. The maximum absolute atomic E-state index is 9.98. The zero-order chi connectivity index (χ0) is 25.3. The topological polar surface area (TPSA) is 177 Å². The highest BCUT2D eigenvalue weighted by molar-refractivity contribution is 4.80. The number of hydrogen-bond donors (Lipinski definition) is 6. The Kier molecular flexibility index (Phi) is 18.5. The summed E-state index contributed by atoms with van der Waals surface area (Å²) in [6.07, 6.45) is -6.26. The number of rotatable bonds is 22. The van der Waals surface area contributed by atoms with Gasteiger partial charge in [-0.3, -0.25) is 0 Å². The fourth-order valence-corrected chi connectivity index (χ4v) is 2.80. The second kappa shape index (κ2) is 18.8. The molecule has 0 fully saturated rings. The molecule has 0 aliphatic heterocycles. The Morgan fingerprint density at radius 1 is 0.485 bits per heavy atom. The quantitative estimate of drug-likeness (QED) is 0.0949. The predicted molar refractivity (Wildman–Crippen MR) is 117 cm³/mol. The van der Waals surface area contributed by atoms with Crippen molar-refractivity contribution in [3.63, 3.8) is 0 Å². The van der Waals surface area contributed by atoms with Crippen LogP contribution < -0.4 is 0 Å². The zero-order valence-electron chi connectivity index (χ0n) is 20.2.